The van der Waals surface area contributed by atoms with Crippen LogP contribution in [-0.4, -0.2) is 29.6 Å². The molecular formula is C19H21NO2S. The highest BCUT2D eigenvalue weighted by molar-refractivity contribution is 7.98. The van der Waals surface area contributed by atoms with Crippen LogP contribution in [-0.2, 0) is 6.54 Å². The number of aliphatic hydroxyl groups is 1. The molecule has 0 fully saturated rings. The molecule has 1 N–H and O–H groups in total. The number of aromatic nitrogens is 1. The van der Waals surface area contributed by atoms with E-state index in [1.807, 2.05) is 6.07 Å². The van der Waals surface area contributed by atoms with Crippen LogP contribution in [0.2, 0.25) is 0 Å². The van der Waals surface area contributed by atoms with Gasteiger partial charge in [0.1, 0.15) is 5.75 Å². The molecular weight excluding hydrogens is 306 g/mol. The van der Waals surface area contributed by atoms with Crippen molar-refractivity contribution in [3.63, 3.8) is 0 Å². The van der Waals surface area contributed by atoms with E-state index >= 15 is 0 Å². The fraction of sp³-hybridized carbons (Fsp3) is 0.263. The first-order valence-corrected chi connectivity index (χ1v) is 8.84. The molecule has 3 rings (SSSR count). The lowest BCUT2D eigenvalue weighted by atomic mass is 10.1. The lowest BCUT2D eigenvalue weighted by Crippen LogP contribution is -2.04. The monoisotopic (exact) mass is 327 g/mol. The van der Waals surface area contributed by atoms with Gasteiger partial charge in [0.15, 0.2) is 0 Å². The van der Waals surface area contributed by atoms with Gasteiger partial charge in [-0.15, -0.1) is 11.8 Å². The summed E-state index contributed by atoms with van der Waals surface area (Å²) < 4.78 is 7.55. The molecule has 0 saturated carbocycles. The van der Waals surface area contributed by atoms with Gasteiger partial charge in [0, 0.05) is 22.3 Å². The van der Waals surface area contributed by atoms with Crippen molar-refractivity contribution < 1.29 is 9.84 Å². The molecule has 0 aliphatic rings. The molecule has 1 heterocycles. The number of hydrogen-bond donors (Lipinski definition) is 1. The summed E-state index contributed by atoms with van der Waals surface area (Å²) in [5, 5.41) is 10.7. The quantitative estimate of drug-likeness (QED) is 0.708. The van der Waals surface area contributed by atoms with Crippen LogP contribution in [0.5, 0.6) is 5.75 Å². The number of aliphatic hydroxyl groups excluding tert-OH is 1. The van der Waals surface area contributed by atoms with Crippen LogP contribution in [0.3, 0.4) is 0 Å². The highest BCUT2D eigenvalue weighted by atomic mass is 32.2. The zero-order valence-electron chi connectivity index (χ0n) is 13.7. The Bertz CT molecular complexity index is 821. The molecule has 1 aromatic heterocycles. The van der Waals surface area contributed by atoms with Gasteiger partial charge < -0.3 is 14.4 Å². The van der Waals surface area contributed by atoms with E-state index in [-0.39, 0.29) is 6.61 Å². The van der Waals surface area contributed by atoms with Crippen LogP contribution < -0.4 is 4.74 Å². The molecule has 0 aliphatic heterocycles. The van der Waals surface area contributed by atoms with Crippen LogP contribution >= 0.6 is 11.8 Å². The predicted molar refractivity (Wildman–Crippen MR) is 97.5 cm³/mol. The van der Waals surface area contributed by atoms with Crippen molar-refractivity contribution >= 4 is 22.7 Å². The fourth-order valence-electron chi connectivity index (χ4n) is 3.08. The first kappa shape index (κ1) is 16.0. The van der Waals surface area contributed by atoms with Crippen molar-refractivity contribution in [3.8, 4) is 17.0 Å². The van der Waals surface area contributed by atoms with E-state index in [0.29, 0.717) is 6.54 Å². The standard InChI is InChI=1S/C19H21NO2S/c1-13-17-12-15(22-2)6-9-18(17)20(10-11-21)19(13)14-4-7-16(23-3)8-5-14/h4-9,12,21H,10-11H2,1-3H3. The second-order valence-electron chi connectivity index (χ2n) is 5.46. The molecule has 0 unspecified atom stereocenters. The topological polar surface area (TPSA) is 34.4 Å². The van der Waals surface area contributed by atoms with E-state index in [0.717, 1.165) is 17.0 Å². The Morgan fingerprint density at radius 3 is 2.48 bits per heavy atom. The SMILES string of the molecule is COc1ccc2c(c1)c(C)c(-c1ccc(SC)cc1)n2CCO. The highest BCUT2D eigenvalue weighted by Gasteiger charge is 2.16. The molecule has 23 heavy (non-hydrogen) atoms. The number of thioether (sulfide) groups is 1. The number of aryl methyl sites for hydroxylation is 1. The maximum atomic E-state index is 9.49. The highest BCUT2D eigenvalue weighted by Crippen LogP contribution is 2.35. The van der Waals surface area contributed by atoms with Gasteiger partial charge in [0.25, 0.3) is 0 Å². The largest absolute Gasteiger partial charge is 0.497 e. The molecule has 0 amide bonds. The summed E-state index contributed by atoms with van der Waals surface area (Å²) >= 11 is 1.74. The Morgan fingerprint density at radius 2 is 1.87 bits per heavy atom. The lowest BCUT2D eigenvalue weighted by molar-refractivity contribution is 0.278. The number of nitrogens with zero attached hydrogens (tertiary/aromatic N) is 1. The number of benzene rings is 2. The minimum atomic E-state index is 0.116. The van der Waals surface area contributed by atoms with Crippen molar-refractivity contribution in [2.45, 2.75) is 18.4 Å². The average molecular weight is 327 g/mol. The Balaban J connectivity index is 2.24. The van der Waals surface area contributed by atoms with Gasteiger partial charge in [-0.3, -0.25) is 0 Å². The number of fused-ring (bicyclic) bond motifs is 1. The summed E-state index contributed by atoms with van der Waals surface area (Å²) in [6, 6.07) is 14.7. The molecule has 0 saturated heterocycles. The molecule has 0 bridgehead atoms. The van der Waals surface area contributed by atoms with E-state index < -0.39 is 0 Å². The van der Waals surface area contributed by atoms with Gasteiger partial charge in [-0.2, -0.15) is 0 Å². The van der Waals surface area contributed by atoms with E-state index in [9.17, 15) is 5.11 Å². The van der Waals surface area contributed by atoms with Crippen LogP contribution in [0.1, 0.15) is 5.56 Å². The van der Waals surface area contributed by atoms with Crippen molar-refractivity contribution in [1.82, 2.24) is 4.57 Å². The predicted octanol–water partition coefficient (Wildman–Crippen LogP) is 4.34. The second-order valence-corrected chi connectivity index (χ2v) is 6.34. The van der Waals surface area contributed by atoms with E-state index in [1.54, 1.807) is 18.9 Å². The smallest absolute Gasteiger partial charge is 0.119 e. The molecule has 0 atom stereocenters. The van der Waals surface area contributed by atoms with E-state index in [4.69, 9.17) is 4.74 Å². The van der Waals surface area contributed by atoms with Crippen LogP contribution in [0.25, 0.3) is 22.2 Å². The third-order valence-corrected chi connectivity index (χ3v) is 4.95. The van der Waals surface area contributed by atoms with Crippen LogP contribution in [0, 0.1) is 6.92 Å². The van der Waals surface area contributed by atoms with Crippen LogP contribution in [0.15, 0.2) is 47.4 Å². The molecule has 120 valence electrons. The normalized spacial score (nSPS) is 11.1. The summed E-state index contributed by atoms with van der Waals surface area (Å²) in [6.45, 7) is 2.83. The van der Waals surface area contributed by atoms with Gasteiger partial charge in [-0.25, -0.2) is 0 Å². The minimum absolute atomic E-state index is 0.116. The minimum Gasteiger partial charge on any atom is -0.497 e. The van der Waals surface area contributed by atoms with Crippen molar-refractivity contribution in [1.29, 1.82) is 0 Å². The van der Waals surface area contributed by atoms with Gasteiger partial charge in [-0.1, -0.05) is 12.1 Å². The fourth-order valence-corrected chi connectivity index (χ4v) is 3.49. The second kappa shape index (κ2) is 6.69. The molecule has 3 nitrogen and oxygen atoms in total. The van der Waals surface area contributed by atoms with Gasteiger partial charge in [0.2, 0.25) is 0 Å². The van der Waals surface area contributed by atoms with E-state index in [1.165, 1.54) is 21.4 Å². The van der Waals surface area contributed by atoms with Gasteiger partial charge in [0.05, 0.1) is 19.4 Å². The summed E-state index contributed by atoms with van der Waals surface area (Å²) in [6.07, 6.45) is 2.08. The molecule has 0 spiro atoms. The maximum absolute atomic E-state index is 9.49. The number of hydrogen-bond acceptors (Lipinski definition) is 3. The Kier molecular flexibility index (Phi) is 4.64. The number of methoxy groups -OCH3 is 1. The number of rotatable bonds is 5. The zero-order valence-corrected chi connectivity index (χ0v) is 14.5. The molecule has 0 radical (unpaired) electrons. The van der Waals surface area contributed by atoms with Crippen LogP contribution in [0.4, 0.5) is 0 Å². The molecule has 0 aliphatic carbocycles. The maximum Gasteiger partial charge on any atom is 0.119 e. The van der Waals surface area contributed by atoms with Gasteiger partial charge >= 0.3 is 0 Å². The first-order chi connectivity index (χ1) is 11.2. The summed E-state index contributed by atoms with van der Waals surface area (Å²) in [5.41, 5.74) is 4.67. The van der Waals surface area contributed by atoms with Crippen molar-refractivity contribution in [2.75, 3.05) is 20.0 Å². The summed E-state index contributed by atoms with van der Waals surface area (Å²) in [5.74, 6) is 0.853. The number of ether oxygens (including phenoxy) is 1. The van der Waals surface area contributed by atoms with Crippen molar-refractivity contribution in [2.24, 2.45) is 0 Å². The van der Waals surface area contributed by atoms with Gasteiger partial charge in [-0.05, 0) is 54.6 Å². The van der Waals surface area contributed by atoms with E-state index in [2.05, 4.69) is 54.1 Å². The molecule has 3 aromatic rings. The summed E-state index contributed by atoms with van der Waals surface area (Å²) in [7, 11) is 1.68. The molecule has 2 aromatic carbocycles. The Labute approximate surface area is 140 Å². The third-order valence-electron chi connectivity index (χ3n) is 4.21. The average Bonchev–Trinajstić information content (AvgIpc) is 2.87. The first-order valence-electron chi connectivity index (χ1n) is 7.61. The third kappa shape index (κ3) is 2.84. The molecule has 4 heteroatoms. The summed E-state index contributed by atoms with van der Waals surface area (Å²) in [4.78, 5) is 1.25. The zero-order chi connectivity index (χ0) is 16.4. The lowest BCUT2D eigenvalue weighted by Gasteiger charge is -2.11. The Hall–Kier alpha value is -1.91. The Morgan fingerprint density at radius 1 is 1.13 bits per heavy atom. The van der Waals surface area contributed by atoms with Crippen molar-refractivity contribution in [3.05, 3.63) is 48.0 Å².